The average Bonchev–Trinajstić information content (AvgIpc) is 2.94. The lowest BCUT2D eigenvalue weighted by atomic mass is 10.1. The lowest BCUT2D eigenvalue weighted by molar-refractivity contribution is -0.00383. The summed E-state index contributed by atoms with van der Waals surface area (Å²) in [4.78, 5) is 18.0. The summed E-state index contributed by atoms with van der Waals surface area (Å²) >= 11 is 4.99. The number of fused-ring (bicyclic) bond motifs is 1. The monoisotopic (exact) mass is 334 g/mol. The van der Waals surface area contributed by atoms with Gasteiger partial charge in [0.2, 0.25) is 0 Å². The lowest BCUT2D eigenvalue weighted by Gasteiger charge is -2.30. The van der Waals surface area contributed by atoms with E-state index in [1.165, 1.54) is 6.42 Å². The van der Waals surface area contributed by atoms with Gasteiger partial charge in [0, 0.05) is 25.3 Å². The van der Waals surface area contributed by atoms with Gasteiger partial charge < -0.3 is 19.0 Å². The number of carbonyl (C=O) groups excluding carboxylic acids is 1. The van der Waals surface area contributed by atoms with Crippen LogP contribution in [0.3, 0.4) is 0 Å². The third-order valence-corrected chi connectivity index (χ3v) is 4.33. The minimum Gasteiger partial charge on any atom is -0.429 e. The highest BCUT2D eigenvalue weighted by Gasteiger charge is 2.22. The van der Waals surface area contributed by atoms with Crippen LogP contribution in [0.25, 0.3) is 11.1 Å². The van der Waals surface area contributed by atoms with E-state index in [1.807, 2.05) is 17.0 Å². The zero-order valence-corrected chi connectivity index (χ0v) is 14.2. The maximum Gasteiger partial charge on any atom is 0.266 e. The molecule has 124 valence electrons. The number of nitrogens with one attached hydrogen (secondary N) is 1. The van der Waals surface area contributed by atoms with Gasteiger partial charge in [0.05, 0.1) is 11.6 Å². The van der Waals surface area contributed by atoms with E-state index in [-0.39, 0.29) is 12.0 Å². The third kappa shape index (κ3) is 3.82. The summed E-state index contributed by atoms with van der Waals surface area (Å²) in [5, 5.41) is 0. The van der Waals surface area contributed by atoms with Crippen LogP contribution in [0.2, 0.25) is 0 Å². The summed E-state index contributed by atoms with van der Waals surface area (Å²) in [5.74, 6) is 0.0187. The fraction of sp³-hybridized carbons (Fsp3) is 0.529. The summed E-state index contributed by atoms with van der Waals surface area (Å²) in [6.45, 7) is 4.26. The number of oxazole rings is 1. The zero-order chi connectivity index (χ0) is 16.2. The molecule has 1 aliphatic rings. The molecule has 1 fully saturated rings. The van der Waals surface area contributed by atoms with Gasteiger partial charge >= 0.3 is 0 Å². The highest BCUT2D eigenvalue weighted by Crippen LogP contribution is 2.19. The highest BCUT2D eigenvalue weighted by molar-refractivity contribution is 7.71. The first kappa shape index (κ1) is 16.2. The number of hydrogen-bond donors (Lipinski definition) is 1. The average molecular weight is 334 g/mol. The van der Waals surface area contributed by atoms with Crippen LogP contribution in [0.4, 0.5) is 0 Å². The van der Waals surface area contributed by atoms with E-state index >= 15 is 0 Å². The van der Waals surface area contributed by atoms with Gasteiger partial charge in [-0.2, -0.15) is 0 Å². The number of hydrogen-bond acceptors (Lipinski definition) is 4. The number of aromatic nitrogens is 1. The first-order valence-electron chi connectivity index (χ1n) is 8.21. The molecule has 0 aliphatic carbocycles. The molecule has 1 N–H and O–H groups in total. The molecule has 23 heavy (non-hydrogen) atoms. The van der Waals surface area contributed by atoms with Crippen molar-refractivity contribution in [1.82, 2.24) is 9.88 Å². The van der Waals surface area contributed by atoms with Crippen LogP contribution in [0.1, 0.15) is 43.0 Å². The highest BCUT2D eigenvalue weighted by atomic mass is 32.1. The molecule has 3 rings (SSSR count). The molecule has 1 aliphatic heterocycles. The van der Waals surface area contributed by atoms with Crippen molar-refractivity contribution >= 4 is 29.2 Å². The Morgan fingerprint density at radius 3 is 3.04 bits per heavy atom. The van der Waals surface area contributed by atoms with Crippen LogP contribution < -0.4 is 0 Å². The second-order valence-electron chi connectivity index (χ2n) is 5.97. The molecule has 0 saturated carbocycles. The molecule has 1 saturated heterocycles. The first-order valence-corrected chi connectivity index (χ1v) is 8.62. The summed E-state index contributed by atoms with van der Waals surface area (Å²) in [6.07, 6.45) is 4.39. The Labute approximate surface area is 140 Å². The maximum absolute atomic E-state index is 12.9. The maximum atomic E-state index is 12.9. The molecule has 1 amide bonds. The molecule has 1 aromatic carbocycles. The zero-order valence-electron chi connectivity index (χ0n) is 13.3. The molecule has 2 heterocycles. The Morgan fingerprint density at radius 2 is 2.30 bits per heavy atom. The number of rotatable bonds is 5. The fourth-order valence-corrected chi connectivity index (χ4v) is 3.20. The van der Waals surface area contributed by atoms with Gasteiger partial charge in [-0.25, -0.2) is 0 Å². The van der Waals surface area contributed by atoms with Gasteiger partial charge in [0.15, 0.2) is 5.58 Å². The number of ether oxygens (including phenoxy) is 1. The molecule has 1 atom stereocenters. The van der Waals surface area contributed by atoms with Crippen LogP contribution >= 0.6 is 12.2 Å². The molecule has 0 radical (unpaired) electrons. The normalized spacial score (nSPS) is 18.2. The Balaban J connectivity index is 1.78. The van der Waals surface area contributed by atoms with Gasteiger partial charge in [0.1, 0.15) is 0 Å². The van der Waals surface area contributed by atoms with Gasteiger partial charge in [0.25, 0.3) is 10.7 Å². The predicted octanol–water partition coefficient (Wildman–Crippen LogP) is 3.91. The topological polar surface area (TPSA) is 58.5 Å². The van der Waals surface area contributed by atoms with Crippen molar-refractivity contribution < 1.29 is 13.9 Å². The van der Waals surface area contributed by atoms with Crippen LogP contribution in [-0.4, -0.2) is 41.6 Å². The van der Waals surface area contributed by atoms with E-state index in [2.05, 4.69) is 11.9 Å². The Bertz CT molecular complexity index is 731. The summed E-state index contributed by atoms with van der Waals surface area (Å²) in [7, 11) is 0. The van der Waals surface area contributed by atoms with Crippen molar-refractivity contribution in [2.75, 3.05) is 19.7 Å². The minimum absolute atomic E-state index is 0.0187. The van der Waals surface area contributed by atoms with Crippen molar-refractivity contribution in [3.63, 3.8) is 0 Å². The Kier molecular flexibility index (Phi) is 5.13. The second kappa shape index (κ2) is 7.27. The predicted molar refractivity (Wildman–Crippen MR) is 91.2 cm³/mol. The number of aromatic amines is 1. The van der Waals surface area contributed by atoms with Crippen molar-refractivity contribution in [2.24, 2.45) is 0 Å². The van der Waals surface area contributed by atoms with Crippen LogP contribution in [0, 0.1) is 4.84 Å². The molecular formula is C17H22N2O3S. The molecule has 2 aromatic rings. The molecule has 0 spiro atoms. The summed E-state index contributed by atoms with van der Waals surface area (Å²) in [6, 6.07) is 5.41. The molecular weight excluding hydrogens is 312 g/mol. The van der Waals surface area contributed by atoms with Crippen LogP contribution in [0.5, 0.6) is 0 Å². The Morgan fingerprint density at radius 1 is 1.43 bits per heavy atom. The lowest BCUT2D eigenvalue weighted by Crippen LogP contribution is -2.40. The van der Waals surface area contributed by atoms with Gasteiger partial charge in [-0.1, -0.05) is 6.92 Å². The number of H-pyrrole nitrogens is 1. The standard InChI is InChI=1S/C17H22N2O3S/c1-2-8-19(11-13-5-3-4-9-21-13)16(20)12-6-7-14-15(10-12)22-17(23)18-14/h6-7,10,13H,2-5,8-9,11H2,1H3,(H,18,23). The quantitative estimate of drug-likeness (QED) is 0.842. The van der Waals surface area contributed by atoms with E-state index in [4.69, 9.17) is 21.4 Å². The smallest absolute Gasteiger partial charge is 0.266 e. The van der Waals surface area contributed by atoms with E-state index in [0.29, 0.717) is 22.5 Å². The SMILES string of the molecule is CCCN(CC1CCCCO1)C(=O)c1ccc2[nH]c(=S)oc2c1. The van der Waals surface area contributed by atoms with E-state index < -0.39 is 0 Å². The van der Waals surface area contributed by atoms with E-state index in [9.17, 15) is 4.79 Å². The molecule has 0 bridgehead atoms. The largest absolute Gasteiger partial charge is 0.429 e. The number of nitrogens with zero attached hydrogens (tertiary/aromatic N) is 1. The van der Waals surface area contributed by atoms with Crippen molar-refractivity contribution in [2.45, 2.75) is 38.7 Å². The molecule has 1 unspecified atom stereocenters. The van der Waals surface area contributed by atoms with Crippen molar-refractivity contribution in [3.05, 3.63) is 28.6 Å². The molecule has 6 heteroatoms. The minimum atomic E-state index is 0.0187. The van der Waals surface area contributed by atoms with Crippen molar-refractivity contribution in [3.8, 4) is 0 Å². The van der Waals surface area contributed by atoms with Crippen LogP contribution in [0.15, 0.2) is 22.6 Å². The molecule has 1 aromatic heterocycles. The van der Waals surface area contributed by atoms with Gasteiger partial charge in [-0.05, 0) is 56.1 Å². The number of carbonyl (C=O) groups is 1. The summed E-state index contributed by atoms with van der Waals surface area (Å²) < 4.78 is 11.2. The second-order valence-corrected chi connectivity index (χ2v) is 6.34. The summed E-state index contributed by atoms with van der Waals surface area (Å²) in [5.41, 5.74) is 2.05. The van der Waals surface area contributed by atoms with Crippen LogP contribution in [-0.2, 0) is 4.74 Å². The van der Waals surface area contributed by atoms with Crippen molar-refractivity contribution in [1.29, 1.82) is 0 Å². The Hall–Kier alpha value is -1.66. The molecule has 5 nitrogen and oxygen atoms in total. The van der Waals surface area contributed by atoms with E-state index in [1.54, 1.807) is 6.07 Å². The third-order valence-electron chi connectivity index (χ3n) is 4.15. The van der Waals surface area contributed by atoms with Gasteiger partial charge in [-0.3, -0.25) is 4.79 Å². The van der Waals surface area contributed by atoms with E-state index in [0.717, 1.165) is 37.9 Å². The number of benzene rings is 1. The number of amides is 1. The first-order chi connectivity index (χ1) is 11.2. The fourth-order valence-electron chi connectivity index (χ4n) is 3.00. The van der Waals surface area contributed by atoms with Gasteiger partial charge in [-0.15, -0.1) is 0 Å².